The molecule has 0 bridgehead atoms. The SMILES string of the molecule is CCCC[C@@H](C(=O)N[C@@H](CC(=O)O)c1ccc(OCC)c(OCC)c1)n1cc(C)cc(Cc2c(F)cccc2F)c1=O. The van der Waals surface area contributed by atoms with Crippen LogP contribution in [0.4, 0.5) is 8.78 Å². The molecule has 42 heavy (non-hydrogen) atoms. The van der Waals surface area contributed by atoms with Crippen LogP contribution in [0.15, 0.2) is 53.5 Å². The van der Waals surface area contributed by atoms with Crippen LogP contribution < -0.4 is 20.3 Å². The number of benzene rings is 2. The van der Waals surface area contributed by atoms with Crippen LogP contribution in [0.3, 0.4) is 0 Å². The summed E-state index contributed by atoms with van der Waals surface area (Å²) in [6, 6.07) is 8.14. The lowest BCUT2D eigenvalue weighted by Gasteiger charge is -2.25. The molecule has 1 aromatic heterocycles. The summed E-state index contributed by atoms with van der Waals surface area (Å²) in [7, 11) is 0. The minimum absolute atomic E-state index is 0.142. The van der Waals surface area contributed by atoms with E-state index in [2.05, 4.69) is 5.32 Å². The summed E-state index contributed by atoms with van der Waals surface area (Å²) in [4.78, 5) is 39.2. The number of rotatable bonds is 15. The number of aryl methyl sites for hydroxylation is 1. The van der Waals surface area contributed by atoms with Crippen LogP contribution in [0.25, 0.3) is 0 Å². The van der Waals surface area contributed by atoms with E-state index in [-0.39, 0.29) is 17.5 Å². The van der Waals surface area contributed by atoms with Crippen molar-refractivity contribution in [3.8, 4) is 11.5 Å². The van der Waals surface area contributed by atoms with Gasteiger partial charge in [0.1, 0.15) is 17.7 Å². The molecule has 0 aliphatic carbocycles. The van der Waals surface area contributed by atoms with E-state index in [1.807, 2.05) is 20.8 Å². The second kappa shape index (κ2) is 15.1. The van der Waals surface area contributed by atoms with Crippen LogP contribution in [-0.4, -0.2) is 34.8 Å². The lowest BCUT2D eigenvalue weighted by Crippen LogP contribution is -2.40. The third-order valence-electron chi connectivity index (χ3n) is 6.82. The lowest BCUT2D eigenvalue weighted by molar-refractivity contribution is -0.138. The third kappa shape index (κ3) is 8.18. The van der Waals surface area contributed by atoms with Crippen molar-refractivity contribution in [2.45, 2.75) is 71.9 Å². The number of nitrogens with zero attached hydrogens (tertiary/aromatic N) is 1. The van der Waals surface area contributed by atoms with Crippen LogP contribution in [0.5, 0.6) is 11.5 Å². The molecule has 0 fully saturated rings. The molecule has 10 heteroatoms. The molecule has 0 radical (unpaired) electrons. The van der Waals surface area contributed by atoms with Crippen LogP contribution >= 0.6 is 0 Å². The third-order valence-corrected chi connectivity index (χ3v) is 6.82. The van der Waals surface area contributed by atoms with Crippen LogP contribution in [-0.2, 0) is 16.0 Å². The van der Waals surface area contributed by atoms with Crippen molar-refractivity contribution in [3.05, 3.63) is 92.9 Å². The maximum atomic E-state index is 14.4. The molecule has 0 saturated carbocycles. The average molecular weight is 585 g/mol. The molecule has 3 rings (SSSR count). The van der Waals surface area contributed by atoms with Gasteiger partial charge in [-0.05, 0) is 68.7 Å². The van der Waals surface area contributed by atoms with E-state index >= 15 is 0 Å². The van der Waals surface area contributed by atoms with Gasteiger partial charge in [0, 0.05) is 23.7 Å². The lowest BCUT2D eigenvalue weighted by atomic mass is 10.0. The Bertz CT molecular complexity index is 1440. The van der Waals surface area contributed by atoms with E-state index in [9.17, 15) is 28.3 Å². The Balaban J connectivity index is 2.01. The average Bonchev–Trinajstić information content (AvgIpc) is 2.93. The largest absolute Gasteiger partial charge is 0.490 e. The van der Waals surface area contributed by atoms with Crippen LogP contribution in [0, 0.1) is 18.6 Å². The van der Waals surface area contributed by atoms with E-state index < -0.39 is 47.6 Å². The predicted molar refractivity (Wildman–Crippen MR) is 155 cm³/mol. The van der Waals surface area contributed by atoms with Gasteiger partial charge in [-0.2, -0.15) is 0 Å². The Morgan fingerprint density at radius 1 is 1.00 bits per heavy atom. The van der Waals surface area contributed by atoms with E-state index in [1.165, 1.54) is 10.6 Å². The molecule has 2 atom stereocenters. The highest BCUT2D eigenvalue weighted by atomic mass is 19.1. The number of hydrogen-bond donors (Lipinski definition) is 2. The fourth-order valence-electron chi connectivity index (χ4n) is 4.84. The Labute approximate surface area is 244 Å². The first-order valence-electron chi connectivity index (χ1n) is 14.2. The molecule has 0 spiro atoms. The summed E-state index contributed by atoms with van der Waals surface area (Å²) in [6.45, 7) is 8.08. The smallest absolute Gasteiger partial charge is 0.305 e. The molecule has 1 heterocycles. The van der Waals surface area contributed by atoms with Crippen molar-refractivity contribution in [3.63, 3.8) is 0 Å². The quantitative estimate of drug-likeness (QED) is 0.231. The molecule has 3 aromatic rings. The zero-order valence-electron chi connectivity index (χ0n) is 24.4. The summed E-state index contributed by atoms with van der Waals surface area (Å²) in [5, 5.41) is 12.5. The van der Waals surface area contributed by atoms with Crippen LogP contribution in [0.2, 0.25) is 0 Å². The van der Waals surface area contributed by atoms with Gasteiger partial charge >= 0.3 is 5.97 Å². The number of nitrogens with one attached hydrogen (secondary N) is 1. The summed E-state index contributed by atoms with van der Waals surface area (Å²) < 4.78 is 41.4. The number of carboxylic acid groups (broad SMARTS) is 1. The fraction of sp³-hybridized carbons (Fsp3) is 0.406. The zero-order valence-corrected chi connectivity index (χ0v) is 24.4. The van der Waals surface area contributed by atoms with Gasteiger partial charge in [0.2, 0.25) is 5.91 Å². The van der Waals surface area contributed by atoms with Crippen molar-refractivity contribution in [2.24, 2.45) is 0 Å². The van der Waals surface area contributed by atoms with E-state index in [0.717, 1.165) is 18.6 Å². The van der Waals surface area contributed by atoms with Gasteiger partial charge in [-0.3, -0.25) is 14.4 Å². The molecule has 0 saturated heterocycles. The molecule has 226 valence electrons. The topological polar surface area (TPSA) is 107 Å². The number of amides is 1. The Morgan fingerprint density at radius 2 is 1.67 bits per heavy atom. The number of aromatic nitrogens is 1. The summed E-state index contributed by atoms with van der Waals surface area (Å²) in [6.07, 6.45) is 2.50. The number of carboxylic acids is 1. The maximum absolute atomic E-state index is 14.4. The molecule has 1 amide bonds. The Kier molecular flexibility index (Phi) is 11.6. The number of hydrogen-bond acceptors (Lipinski definition) is 5. The molecular formula is C32H38F2N2O6. The van der Waals surface area contributed by atoms with E-state index in [4.69, 9.17) is 9.47 Å². The van der Waals surface area contributed by atoms with Crippen molar-refractivity contribution < 1.29 is 33.0 Å². The summed E-state index contributed by atoms with van der Waals surface area (Å²) in [5.41, 5.74) is 0.491. The first kappa shape index (κ1) is 32.3. The number of ether oxygens (including phenoxy) is 2. The highest BCUT2D eigenvalue weighted by Gasteiger charge is 2.27. The number of carbonyl (C=O) groups is 2. The van der Waals surface area contributed by atoms with Gasteiger partial charge < -0.3 is 24.5 Å². The van der Waals surface area contributed by atoms with E-state index in [0.29, 0.717) is 48.7 Å². The zero-order chi connectivity index (χ0) is 30.8. The molecule has 0 aliphatic heterocycles. The van der Waals surface area contributed by atoms with Gasteiger partial charge in [-0.25, -0.2) is 8.78 Å². The highest BCUT2D eigenvalue weighted by Crippen LogP contribution is 2.32. The number of unbranched alkanes of at least 4 members (excludes halogenated alkanes) is 1. The first-order valence-corrected chi connectivity index (χ1v) is 14.2. The number of carbonyl (C=O) groups excluding carboxylic acids is 1. The van der Waals surface area contributed by atoms with Gasteiger partial charge in [0.25, 0.3) is 5.56 Å². The Hall–Kier alpha value is -4.21. The van der Waals surface area contributed by atoms with Gasteiger partial charge in [0.05, 0.1) is 25.7 Å². The van der Waals surface area contributed by atoms with Gasteiger partial charge in [-0.15, -0.1) is 0 Å². The standard InChI is InChI=1S/C32H38F2N2O6/c1-5-8-12-27(36-19-20(4)15-22(32(36)40)16-23-24(33)10-9-11-25(23)34)31(39)35-26(18-30(37)38)21-13-14-28(41-6-2)29(17-21)42-7-3/h9-11,13-15,17,19,26-27H,5-8,12,16,18H2,1-4H3,(H,35,39)(H,37,38)/t26-,27-/m0/s1. The normalized spacial score (nSPS) is 12.4. The minimum Gasteiger partial charge on any atom is -0.490 e. The maximum Gasteiger partial charge on any atom is 0.305 e. The highest BCUT2D eigenvalue weighted by molar-refractivity contribution is 5.81. The Morgan fingerprint density at radius 3 is 2.29 bits per heavy atom. The van der Waals surface area contributed by atoms with Crippen molar-refractivity contribution in [1.29, 1.82) is 0 Å². The molecule has 2 aromatic carbocycles. The van der Waals surface area contributed by atoms with Gasteiger partial charge in [-0.1, -0.05) is 31.9 Å². The molecular weight excluding hydrogens is 546 g/mol. The molecule has 8 nitrogen and oxygen atoms in total. The number of halogens is 2. The minimum atomic E-state index is -1.13. The predicted octanol–water partition coefficient (Wildman–Crippen LogP) is 5.89. The van der Waals surface area contributed by atoms with Crippen LogP contribution in [0.1, 0.15) is 80.8 Å². The first-order chi connectivity index (χ1) is 20.1. The fourth-order valence-corrected chi connectivity index (χ4v) is 4.84. The second-order valence-electron chi connectivity index (χ2n) is 10.0. The van der Waals surface area contributed by atoms with Crippen molar-refractivity contribution in [1.82, 2.24) is 9.88 Å². The summed E-state index contributed by atoms with van der Waals surface area (Å²) in [5.74, 6) is -2.28. The van der Waals surface area contributed by atoms with E-state index in [1.54, 1.807) is 37.4 Å². The van der Waals surface area contributed by atoms with Crippen molar-refractivity contribution in [2.75, 3.05) is 13.2 Å². The number of aliphatic carboxylic acids is 1. The molecule has 0 unspecified atom stereocenters. The summed E-state index contributed by atoms with van der Waals surface area (Å²) >= 11 is 0. The number of pyridine rings is 1. The molecule has 0 aliphatic rings. The second-order valence-corrected chi connectivity index (χ2v) is 10.0. The van der Waals surface area contributed by atoms with Crippen molar-refractivity contribution >= 4 is 11.9 Å². The van der Waals surface area contributed by atoms with Gasteiger partial charge in [0.15, 0.2) is 11.5 Å². The monoisotopic (exact) mass is 584 g/mol. The molecule has 2 N–H and O–H groups in total.